The van der Waals surface area contributed by atoms with Crippen molar-refractivity contribution in [2.45, 2.75) is 18.7 Å². The van der Waals surface area contributed by atoms with E-state index >= 15 is 0 Å². The molecular weight excluding hydrogens is 212 g/mol. The highest BCUT2D eigenvalue weighted by Gasteiger charge is 2.14. The zero-order valence-corrected chi connectivity index (χ0v) is 9.11. The Bertz CT molecular complexity index is 427. The molecule has 0 saturated heterocycles. The molecule has 1 aromatic heterocycles. The Morgan fingerprint density at radius 1 is 1.33 bits per heavy atom. The molecular formula is C11H11ClN2O. The maximum absolute atomic E-state index is 5.59. The minimum Gasteiger partial charge on any atom is -0.338 e. The molecule has 0 aliphatic heterocycles. The van der Waals surface area contributed by atoms with Gasteiger partial charge in [-0.05, 0) is 5.56 Å². The first-order valence-electron chi connectivity index (χ1n) is 4.74. The first kappa shape index (κ1) is 10.2. The van der Waals surface area contributed by atoms with E-state index in [9.17, 15) is 0 Å². The van der Waals surface area contributed by atoms with Crippen LogP contribution < -0.4 is 0 Å². The fourth-order valence-electron chi connectivity index (χ4n) is 1.39. The minimum absolute atomic E-state index is 0.131. The van der Waals surface area contributed by atoms with Gasteiger partial charge >= 0.3 is 0 Å². The van der Waals surface area contributed by atoms with Crippen LogP contribution in [0, 0.1) is 0 Å². The molecule has 0 saturated carbocycles. The van der Waals surface area contributed by atoms with Crippen molar-refractivity contribution in [3.8, 4) is 0 Å². The van der Waals surface area contributed by atoms with Gasteiger partial charge in [0.15, 0.2) is 5.82 Å². The van der Waals surface area contributed by atoms with Gasteiger partial charge in [0.25, 0.3) is 0 Å². The number of aromatic nitrogens is 2. The van der Waals surface area contributed by atoms with E-state index < -0.39 is 0 Å². The highest BCUT2D eigenvalue weighted by Crippen LogP contribution is 2.21. The molecule has 2 rings (SSSR count). The molecule has 1 atom stereocenters. The topological polar surface area (TPSA) is 38.9 Å². The number of benzene rings is 1. The molecule has 15 heavy (non-hydrogen) atoms. The Balaban J connectivity index is 2.24. The van der Waals surface area contributed by atoms with Crippen LogP contribution in [0.3, 0.4) is 0 Å². The molecule has 0 spiro atoms. The van der Waals surface area contributed by atoms with E-state index in [4.69, 9.17) is 16.1 Å². The Morgan fingerprint density at radius 2 is 2.07 bits per heavy atom. The molecule has 78 valence electrons. The molecule has 2 aromatic rings. The molecule has 0 amide bonds. The minimum atomic E-state index is 0.131. The summed E-state index contributed by atoms with van der Waals surface area (Å²) in [7, 11) is 0. The van der Waals surface area contributed by atoms with Crippen LogP contribution in [0.1, 0.15) is 30.1 Å². The molecule has 0 radical (unpaired) electrons. The predicted octanol–water partition coefficient (Wildman–Crippen LogP) is 2.96. The third-order valence-corrected chi connectivity index (χ3v) is 2.51. The number of hydrogen-bond acceptors (Lipinski definition) is 3. The van der Waals surface area contributed by atoms with Gasteiger partial charge < -0.3 is 4.52 Å². The van der Waals surface area contributed by atoms with Gasteiger partial charge in [-0.3, -0.25) is 0 Å². The fourth-order valence-corrected chi connectivity index (χ4v) is 1.50. The summed E-state index contributed by atoms with van der Waals surface area (Å²) < 4.78 is 4.96. The SMILES string of the molecule is CC(c1ccccc1)c1noc(CCl)n1. The van der Waals surface area contributed by atoms with Crippen LogP contribution in [0.25, 0.3) is 0 Å². The lowest BCUT2D eigenvalue weighted by atomic mass is 10.0. The number of hydrogen-bond donors (Lipinski definition) is 0. The summed E-state index contributed by atoms with van der Waals surface area (Å²) in [6.07, 6.45) is 0. The van der Waals surface area contributed by atoms with Crippen molar-refractivity contribution in [3.63, 3.8) is 0 Å². The second-order valence-corrected chi connectivity index (χ2v) is 3.58. The second-order valence-electron chi connectivity index (χ2n) is 3.31. The fraction of sp³-hybridized carbons (Fsp3) is 0.273. The van der Waals surface area contributed by atoms with E-state index in [1.165, 1.54) is 5.56 Å². The maximum atomic E-state index is 5.59. The molecule has 0 N–H and O–H groups in total. The van der Waals surface area contributed by atoms with Crippen LogP contribution in [0.2, 0.25) is 0 Å². The number of nitrogens with zero attached hydrogens (tertiary/aromatic N) is 2. The summed E-state index contributed by atoms with van der Waals surface area (Å²) in [5, 5.41) is 3.89. The van der Waals surface area contributed by atoms with Crippen molar-refractivity contribution in [1.82, 2.24) is 10.1 Å². The third-order valence-electron chi connectivity index (χ3n) is 2.28. The average molecular weight is 223 g/mol. The van der Waals surface area contributed by atoms with Gasteiger partial charge in [-0.15, -0.1) is 11.6 Å². The largest absolute Gasteiger partial charge is 0.338 e. The van der Waals surface area contributed by atoms with Gasteiger partial charge in [-0.2, -0.15) is 4.98 Å². The monoisotopic (exact) mass is 222 g/mol. The van der Waals surface area contributed by atoms with E-state index in [2.05, 4.69) is 10.1 Å². The van der Waals surface area contributed by atoms with E-state index in [1.54, 1.807) is 0 Å². The summed E-state index contributed by atoms with van der Waals surface area (Å²) in [4.78, 5) is 4.20. The Kier molecular flexibility index (Phi) is 3.02. The van der Waals surface area contributed by atoms with E-state index in [0.717, 1.165) is 0 Å². The number of alkyl halides is 1. The molecule has 0 aliphatic carbocycles. The van der Waals surface area contributed by atoms with E-state index in [-0.39, 0.29) is 11.8 Å². The lowest BCUT2D eigenvalue weighted by molar-refractivity contribution is 0.383. The maximum Gasteiger partial charge on any atom is 0.241 e. The quantitative estimate of drug-likeness (QED) is 0.750. The van der Waals surface area contributed by atoms with Gasteiger partial charge in [-0.1, -0.05) is 42.4 Å². The first-order valence-corrected chi connectivity index (χ1v) is 5.28. The van der Waals surface area contributed by atoms with Gasteiger partial charge in [-0.25, -0.2) is 0 Å². The van der Waals surface area contributed by atoms with Gasteiger partial charge in [0, 0.05) is 5.92 Å². The molecule has 0 fully saturated rings. The highest BCUT2D eigenvalue weighted by atomic mass is 35.5. The number of halogens is 1. The van der Waals surface area contributed by atoms with Gasteiger partial charge in [0.2, 0.25) is 5.89 Å². The molecule has 1 aromatic carbocycles. The van der Waals surface area contributed by atoms with Crippen LogP contribution in [0.5, 0.6) is 0 Å². The van der Waals surface area contributed by atoms with Crippen molar-refractivity contribution >= 4 is 11.6 Å². The summed E-state index contributed by atoms with van der Waals surface area (Å²) in [5.41, 5.74) is 1.17. The summed E-state index contributed by atoms with van der Waals surface area (Å²) in [6, 6.07) is 10.1. The lowest BCUT2D eigenvalue weighted by Gasteiger charge is -2.05. The van der Waals surface area contributed by atoms with Crippen molar-refractivity contribution in [3.05, 3.63) is 47.6 Å². The van der Waals surface area contributed by atoms with Crippen LogP contribution >= 0.6 is 11.6 Å². The molecule has 0 bridgehead atoms. The summed E-state index contributed by atoms with van der Waals surface area (Å²) in [5.74, 6) is 1.53. The molecule has 1 unspecified atom stereocenters. The van der Waals surface area contributed by atoms with Crippen molar-refractivity contribution in [2.75, 3.05) is 0 Å². The average Bonchev–Trinajstić information content (AvgIpc) is 2.78. The Hall–Kier alpha value is -1.35. The zero-order chi connectivity index (χ0) is 10.7. The van der Waals surface area contributed by atoms with Crippen LogP contribution in [-0.2, 0) is 5.88 Å². The first-order chi connectivity index (χ1) is 7.31. The van der Waals surface area contributed by atoms with Crippen molar-refractivity contribution < 1.29 is 4.52 Å². The molecule has 3 nitrogen and oxygen atoms in total. The smallest absolute Gasteiger partial charge is 0.241 e. The van der Waals surface area contributed by atoms with Crippen molar-refractivity contribution in [2.24, 2.45) is 0 Å². The third kappa shape index (κ3) is 2.18. The van der Waals surface area contributed by atoms with Crippen LogP contribution in [0.4, 0.5) is 0 Å². The van der Waals surface area contributed by atoms with Crippen LogP contribution in [-0.4, -0.2) is 10.1 Å². The summed E-state index contributed by atoms with van der Waals surface area (Å²) >= 11 is 5.59. The molecule has 1 heterocycles. The molecule has 4 heteroatoms. The Labute approximate surface area is 93.1 Å². The van der Waals surface area contributed by atoms with E-state index in [1.807, 2.05) is 37.3 Å². The predicted molar refractivity (Wildman–Crippen MR) is 57.8 cm³/mol. The Morgan fingerprint density at radius 3 is 2.67 bits per heavy atom. The van der Waals surface area contributed by atoms with Crippen LogP contribution in [0.15, 0.2) is 34.9 Å². The number of rotatable bonds is 3. The standard InChI is InChI=1S/C11H11ClN2O/c1-8(9-5-3-2-4-6-9)11-13-10(7-12)15-14-11/h2-6,8H,7H2,1H3. The zero-order valence-electron chi connectivity index (χ0n) is 8.35. The second kappa shape index (κ2) is 4.45. The normalized spacial score (nSPS) is 12.7. The van der Waals surface area contributed by atoms with Gasteiger partial charge in [0.05, 0.1) is 0 Å². The van der Waals surface area contributed by atoms with E-state index in [0.29, 0.717) is 11.7 Å². The molecule has 0 aliphatic rings. The highest BCUT2D eigenvalue weighted by molar-refractivity contribution is 6.16. The lowest BCUT2D eigenvalue weighted by Crippen LogP contribution is -1.98. The van der Waals surface area contributed by atoms with Gasteiger partial charge in [0.1, 0.15) is 5.88 Å². The van der Waals surface area contributed by atoms with Crippen molar-refractivity contribution in [1.29, 1.82) is 0 Å². The summed E-state index contributed by atoms with van der Waals surface area (Å²) in [6.45, 7) is 2.04.